The van der Waals surface area contributed by atoms with Gasteiger partial charge in [-0.25, -0.2) is 0 Å². The first kappa shape index (κ1) is 15.1. The molecule has 0 saturated carbocycles. The highest BCUT2D eigenvalue weighted by molar-refractivity contribution is 6.30. The Morgan fingerprint density at radius 2 is 1.82 bits per heavy atom. The van der Waals surface area contributed by atoms with Gasteiger partial charge in [0.1, 0.15) is 6.73 Å². The molecule has 1 aliphatic heterocycles. The fourth-order valence-corrected chi connectivity index (χ4v) is 2.82. The molecule has 1 atom stereocenters. The highest BCUT2D eigenvalue weighted by Crippen LogP contribution is 2.17. The molecule has 1 fully saturated rings. The number of nitrogens with zero attached hydrogens (tertiary/aromatic N) is 1. The lowest BCUT2D eigenvalue weighted by Gasteiger charge is -2.22. The maximum absolute atomic E-state index is 12.5. The highest BCUT2D eigenvalue weighted by atomic mass is 35.5. The Labute approximate surface area is 135 Å². The van der Waals surface area contributed by atoms with E-state index in [0.717, 1.165) is 12.0 Å². The van der Waals surface area contributed by atoms with E-state index in [4.69, 9.17) is 16.3 Å². The smallest absolute Gasteiger partial charge is 0.229 e. The fourth-order valence-electron chi connectivity index (χ4n) is 2.69. The minimum absolute atomic E-state index is 0.0979. The lowest BCUT2D eigenvalue weighted by molar-refractivity contribution is -0.132. The van der Waals surface area contributed by atoms with Crippen LogP contribution in [0.3, 0.4) is 0 Å². The van der Waals surface area contributed by atoms with Gasteiger partial charge in [0.15, 0.2) is 0 Å². The lowest BCUT2D eigenvalue weighted by atomic mass is 10.0. The molecule has 0 bridgehead atoms. The summed E-state index contributed by atoms with van der Waals surface area (Å²) in [5.74, 6) is 0.0979. The van der Waals surface area contributed by atoms with Crippen molar-refractivity contribution in [2.24, 2.45) is 0 Å². The number of amides is 1. The molecule has 114 valence electrons. The average molecular weight is 316 g/mol. The molecule has 0 aromatic heterocycles. The van der Waals surface area contributed by atoms with Crippen molar-refractivity contribution in [2.45, 2.75) is 18.9 Å². The molecule has 3 nitrogen and oxygen atoms in total. The Hall–Kier alpha value is -1.84. The van der Waals surface area contributed by atoms with Crippen molar-refractivity contribution in [3.63, 3.8) is 0 Å². The van der Waals surface area contributed by atoms with Crippen LogP contribution in [-0.4, -0.2) is 30.2 Å². The summed E-state index contributed by atoms with van der Waals surface area (Å²) in [6.07, 6.45) is 1.21. The molecular weight excluding hydrogens is 298 g/mol. The Morgan fingerprint density at radius 1 is 1.09 bits per heavy atom. The van der Waals surface area contributed by atoms with E-state index in [-0.39, 0.29) is 11.9 Å². The van der Waals surface area contributed by atoms with E-state index in [0.29, 0.717) is 24.8 Å². The predicted molar refractivity (Wildman–Crippen MR) is 86.8 cm³/mol. The van der Waals surface area contributed by atoms with Crippen molar-refractivity contribution < 1.29 is 9.53 Å². The van der Waals surface area contributed by atoms with Gasteiger partial charge in [-0.15, -0.1) is 0 Å². The lowest BCUT2D eigenvalue weighted by Crippen LogP contribution is -2.38. The molecule has 0 aliphatic carbocycles. The Balaban J connectivity index is 1.64. The van der Waals surface area contributed by atoms with Crippen molar-refractivity contribution in [1.82, 2.24) is 4.90 Å². The van der Waals surface area contributed by atoms with Gasteiger partial charge in [-0.2, -0.15) is 0 Å². The van der Waals surface area contributed by atoms with Crippen molar-refractivity contribution in [3.8, 4) is 0 Å². The number of hydrogen-bond donors (Lipinski definition) is 0. The fraction of sp³-hybridized carbons (Fsp3) is 0.278. The largest absolute Gasteiger partial charge is 0.359 e. The summed E-state index contributed by atoms with van der Waals surface area (Å²) in [6, 6.07) is 17.7. The summed E-state index contributed by atoms with van der Waals surface area (Å²) in [4.78, 5) is 14.3. The summed E-state index contributed by atoms with van der Waals surface area (Å²) in [7, 11) is 0. The summed E-state index contributed by atoms with van der Waals surface area (Å²) in [6.45, 7) is 0.977. The monoisotopic (exact) mass is 315 g/mol. The van der Waals surface area contributed by atoms with Crippen LogP contribution in [0.1, 0.15) is 11.1 Å². The van der Waals surface area contributed by atoms with Crippen LogP contribution in [0, 0.1) is 0 Å². The van der Waals surface area contributed by atoms with Gasteiger partial charge in [0.2, 0.25) is 5.91 Å². The second kappa shape index (κ2) is 6.95. The van der Waals surface area contributed by atoms with Crippen LogP contribution in [0.2, 0.25) is 5.02 Å². The number of carbonyl (C=O) groups excluding carboxylic acids is 1. The maximum atomic E-state index is 12.5. The summed E-state index contributed by atoms with van der Waals surface area (Å²) < 4.78 is 5.50. The van der Waals surface area contributed by atoms with E-state index >= 15 is 0 Å². The first-order valence-electron chi connectivity index (χ1n) is 7.38. The Bertz CT molecular complexity index is 627. The van der Waals surface area contributed by atoms with Crippen molar-refractivity contribution in [3.05, 3.63) is 70.7 Å². The average Bonchev–Trinajstić information content (AvgIpc) is 2.99. The van der Waals surface area contributed by atoms with Crippen LogP contribution < -0.4 is 0 Å². The van der Waals surface area contributed by atoms with Crippen LogP contribution in [0.25, 0.3) is 0 Å². The van der Waals surface area contributed by atoms with E-state index in [1.807, 2.05) is 47.4 Å². The number of rotatable bonds is 4. The second-order valence-corrected chi connectivity index (χ2v) is 5.95. The van der Waals surface area contributed by atoms with Crippen molar-refractivity contribution in [1.29, 1.82) is 0 Å². The SMILES string of the molecule is O=C(Cc1ccc(Cl)cc1)N1COC[C@H]1Cc1ccccc1. The van der Waals surface area contributed by atoms with Gasteiger partial charge in [-0.3, -0.25) is 4.79 Å². The third-order valence-electron chi connectivity index (χ3n) is 3.88. The zero-order chi connectivity index (χ0) is 15.4. The molecule has 1 amide bonds. The van der Waals surface area contributed by atoms with E-state index < -0.39 is 0 Å². The molecule has 2 aromatic carbocycles. The topological polar surface area (TPSA) is 29.5 Å². The first-order valence-corrected chi connectivity index (χ1v) is 7.76. The quantitative estimate of drug-likeness (QED) is 0.866. The minimum atomic E-state index is 0.0979. The van der Waals surface area contributed by atoms with Crippen LogP contribution in [0.5, 0.6) is 0 Å². The maximum Gasteiger partial charge on any atom is 0.229 e. The molecule has 1 heterocycles. The van der Waals surface area contributed by atoms with Crippen molar-refractivity contribution >= 4 is 17.5 Å². The molecular formula is C18H18ClNO2. The standard InChI is InChI=1S/C18H18ClNO2/c19-16-8-6-15(7-9-16)11-18(21)20-13-22-12-17(20)10-14-4-2-1-3-5-14/h1-9,17H,10-13H2/t17-/m1/s1. The molecule has 0 unspecified atom stereocenters. The summed E-state index contributed by atoms with van der Waals surface area (Å²) >= 11 is 5.87. The van der Waals surface area contributed by atoms with E-state index in [1.54, 1.807) is 0 Å². The molecule has 3 rings (SSSR count). The van der Waals surface area contributed by atoms with Crippen LogP contribution >= 0.6 is 11.6 Å². The van der Waals surface area contributed by atoms with Crippen LogP contribution in [-0.2, 0) is 22.4 Å². The highest BCUT2D eigenvalue weighted by Gasteiger charge is 2.29. The number of ether oxygens (including phenoxy) is 1. The van der Waals surface area contributed by atoms with Crippen molar-refractivity contribution in [2.75, 3.05) is 13.3 Å². The molecule has 22 heavy (non-hydrogen) atoms. The first-order chi connectivity index (χ1) is 10.7. The normalized spacial score (nSPS) is 17.7. The number of benzene rings is 2. The van der Waals surface area contributed by atoms with Gasteiger partial charge < -0.3 is 9.64 Å². The molecule has 2 aromatic rings. The molecule has 0 N–H and O–H groups in total. The van der Waals surface area contributed by atoms with Gasteiger partial charge in [0.25, 0.3) is 0 Å². The predicted octanol–water partition coefficient (Wildman–Crippen LogP) is 3.31. The molecule has 4 heteroatoms. The third kappa shape index (κ3) is 3.67. The number of hydrogen-bond acceptors (Lipinski definition) is 2. The van der Waals surface area contributed by atoms with Gasteiger partial charge in [-0.1, -0.05) is 54.1 Å². The van der Waals surface area contributed by atoms with Gasteiger partial charge >= 0.3 is 0 Å². The van der Waals surface area contributed by atoms with Gasteiger partial charge in [0.05, 0.1) is 19.1 Å². The summed E-state index contributed by atoms with van der Waals surface area (Å²) in [5.41, 5.74) is 2.20. The minimum Gasteiger partial charge on any atom is -0.359 e. The third-order valence-corrected chi connectivity index (χ3v) is 4.14. The Kier molecular flexibility index (Phi) is 4.76. The van der Waals surface area contributed by atoms with Gasteiger partial charge in [0, 0.05) is 5.02 Å². The Morgan fingerprint density at radius 3 is 2.55 bits per heavy atom. The zero-order valence-corrected chi connectivity index (χ0v) is 13.0. The van der Waals surface area contributed by atoms with E-state index in [9.17, 15) is 4.79 Å². The summed E-state index contributed by atoms with van der Waals surface area (Å²) in [5, 5.41) is 0.683. The van der Waals surface area contributed by atoms with Crippen LogP contribution in [0.15, 0.2) is 54.6 Å². The van der Waals surface area contributed by atoms with Gasteiger partial charge in [-0.05, 0) is 29.7 Å². The molecule has 0 spiro atoms. The van der Waals surface area contributed by atoms with Crippen LogP contribution in [0.4, 0.5) is 0 Å². The molecule has 1 aliphatic rings. The zero-order valence-electron chi connectivity index (χ0n) is 12.2. The number of carbonyl (C=O) groups is 1. The molecule has 1 saturated heterocycles. The molecule has 0 radical (unpaired) electrons. The van der Waals surface area contributed by atoms with E-state index in [2.05, 4.69) is 12.1 Å². The van der Waals surface area contributed by atoms with E-state index in [1.165, 1.54) is 5.56 Å². The number of halogens is 1. The second-order valence-electron chi connectivity index (χ2n) is 5.51.